The van der Waals surface area contributed by atoms with Crippen LogP contribution in [0.15, 0.2) is 34.7 Å². The fourth-order valence-corrected chi connectivity index (χ4v) is 7.46. The molecule has 0 aliphatic rings. The van der Waals surface area contributed by atoms with Gasteiger partial charge in [-0.05, 0) is 56.6 Å². The number of ether oxygens (including phenoxy) is 2. The van der Waals surface area contributed by atoms with Crippen LogP contribution in [0.5, 0.6) is 17.2 Å². The van der Waals surface area contributed by atoms with E-state index in [0.717, 1.165) is 17.5 Å². The standard InChI is InChI=1S/C22H28N5O7PS2.C2HF3O2/c1-15-18-10-19(32-8-2-6-23)20(33-9-3-7-24)11-21(18)36-22(15)37(30,31)27-14-35(28,29)34-17-5-4-16(12-25)26-13-17;3-2(4,5)1(6)7/h4-5,10-11,13,27H,2-3,6-9,14,23-24H2,1H3,(H,28,29);(H,6,7). The number of sulfonamides is 1. The predicted octanol–water partition coefficient (Wildman–Crippen LogP) is 3.07. The van der Waals surface area contributed by atoms with E-state index in [9.17, 15) is 31.0 Å². The number of halogens is 3. The van der Waals surface area contributed by atoms with Gasteiger partial charge >= 0.3 is 19.7 Å². The highest BCUT2D eigenvalue weighted by Gasteiger charge is 2.38. The molecular weight excluding hydrogens is 654 g/mol. The summed E-state index contributed by atoms with van der Waals surface area (Å²) in [6, 6.07) is 7.83. The molecular formula is C24H29F3N5O9PS2. The Balaban J connectivity index is 0.000000860. The van der Waals surface area contributed by atoms with Gasteiger partial charge in [0.25, 0.3) is 10.0 Å². The van der Waals surface area contributed by atoms with E-state index in [-0.39, 0.29) is 15.7 Å². The predicted molar refractivity (Wildman–Crippen MR) is 153 cm³/mol. The van der Waals surface area contributed by atoms with Gasteiger partial charge in [-0.1, -0.05) is 0 Å². The van der Waals surface area contributed by atoms with Gasteiger partial charge in [0, 0.05) is 16.2 Å². The molecule has 0 bridgehead atoms. The molecule has 2 aromatic heterocycles. The van der Waals surface area contributed by atoms with E-state index in [1.807, 2.05) is 6.07 Å². The molecule has 3 aromatic rings. The molecule has 3 rings (SSSR count). The lowest BCUT2D eigenvalue weighted by molar-refractivity contribution is -0.192. The first-order chi connectivity index (χ1) is 20.5. The van der Waals surface area contributed by atoms with Crippen LogP contribution in [0.4, 0.5) is 13.2 Å². The number of pyridine rings is 1. The van der Waals surface area contributed by atoms with Crippen molar-refractivity contribution in [3.05, 3.63) is 41.7 Å². The maximum atomic E-state index is 13.1. The minimum absolute atomic E-state index is 0.0189. The van der Waals surface area contributed by atoms with Crippen molar-refractivity contribution in [3.63, 3.8) is 0 Å². The molecule has 0 saturated heterocycles. The number of carbonyl (C=O) groups is 1. The number of benzene rings is 1. The number of hydrogen-bond acceptors (Lipinski definition) is 12. The minimum Gasteiger partial charge on any atom is -0.490 e. The number of hydrogen-bond donors (Lipinski definition) is 5. The van der Waals surface area contributed by atoms with Gasteiger partial charge < -0.3 is 35.5 Å². The summed E-state index contributed by atoms with van der Waals surface area (Å²) in [5, 5.41) is 16.6. The molecule has 0 saturated carbocycles. The van der Waals surface area contributed by atoms with Gasteiger partial charge in [-0.3, -0.25) is 0 Å². The number of nitrogens with one attached hydrogen (secondary N) is 1. The average molecular weight is 684 g/mol. The van der Waals surface area contributed by atoms with Gasteiger partial charge in [0.1, 0.15) is 28.0 Å². The number of carboxylic acid groups (broad SMARTS) is 1. The van der Waals surface area contributed by atoms with Crippen molar-refractivity contribution in [2.45, 2.75) is 30.2 Å². The zero-order chi connectivity index (χ0) is 33.1. The van der Waals surface area contributed by atoms with Crippen LogP contribution in [0.25, 0.3) is 10.1 Å². The van der Waals surface area contributed by atoms with Crippen molar-refractivity contribution in [3.8, 4) is 23.3 Å². The van der Waals surface area contributed by atoms with E-state index in [1.165, 1.54) is 12.1 Å². The molecule has 1 aromatic carbocycles. The summed E-state index contributed by atoms with van der Waals surface area (Å²) in [4.78, 5) is 22.8. The Morgan fingerprint density at radius 1 is 1.16 bits per heavy atom. The van der Waals surface area contributed by atoms with Crippen LogP contribution in [0.1, 0.15) is 24.1 Å². The zero-order valence-corrected chi connectivity index (χ0v) is 25.6. The highest BCUT2D eigenvalue weighted by molar-refractivity contribution is 7.92. The number of aromatic nitrogens is 1. The fraction of sp³-hybridized carbons (Fsp3) is 0.375. The Bertz CT molecular complexity index is 1630. The number of thiophene rings is 1. The van der Waals surface area contributed by atoms with Crippen molar-refractivity contribution < 1.29 is 54.9 Å². The summed E-state index contributed by atoms with van der Waals surface area (Å²) < 4.78 is 89.8. The van der Waals surface area contributed by atoms with Crippen LogP contribution in [0, 0.1) is 18.3 Å². The average Bonchev–Trinajstić information content (AvgIpc) is 3.28. The summed E-state index contributed by atoms with van der Waals surface area (Å²) in [7, 11) is -8.59. The maximum Gasteiger partial charge on any atom is 0.490 e. The van der Waals surface area contributed by atoms with Crippen LogP contribution in [-0.2, 0) is 19.4 Å². The van der Waals surface area contributed by atoms with E-state index >= 15 is 0 Å². The molecule has 0 aliphatic carbocycles. The number of nitrogens with zero attached hydrogens (tertiary/aromatic N) is 2. The fourth-order valence-electron chi connectivity index (χ4n) is 3.15. The zero-order valence-electron chi connectivity index (χ0n) is 23.0. The Hall–Kier alpha value is -3.50. The normalized spacial score (nSPS) is 12.9. The molecule has 14 nitrogen and oxygen atoms in total. The van der Waals surface area contributed by atoms with E-state index in [4.69, 9.17) is 40.6 Å². The van der Waals surface area contributed by atoms with Crippen LogP contribution < -0.4 is 30.2 Å². The van der Waals surface area contributed by atoms with Gasteiger partial charge in [-0.2, -0.15) is 23.2 Å². The molecule has 0 amide bonds. The van der Waals surface area contributed by atoms with Crippen molar-refractivity contribution in [2.75, 3.05) is 32.6 Å². The SMILES string of the molecule is Cc1c(S(=O)(=O)NCP(=O)(O)Oc2ccc(C#N)nc2)sc2cc(OCCCN)c(OCCCN)cc12.O=C(O)C(F)(F)F. The number of carboxylic acids is 1. The maximum absolute atomic E-state index is 13.1. The molecule has 2 heterocycles. The van der Waals surface area contributed by atoms with E-state index in [2.05, 4.69) is 9.71 Å². The lowest BCUT2D eigenvalue weighted by atomic mass is 10.2. The third-order valence-electron chi connectivity index (χ3n) is 5.21. The molecule has 20 heteroatoms. The molecule has 0 spiro atoms. The molecule has 0 radical (unpaired) electrons. The van der Waals surface area contributed by atoms with E-state index in [0.29, 0.717) is 66.3 Å². The summed E-state index contributed by atoms with van der Waals surface area (Å²) in [5.74, 6) is -1.92. The lowest BCUT2D eigenvalue weighted by Crippen LogP contribution is -2.25. The smallest absolute Gasteiger partial charge is 0.490 e. The van der Waals surface area contributed by atoms with Crippen molar-refractivity contribution in [1.82, 2.24) is 9.71 Å². The third kappa shape index (κ3) is 10.9. The third-order valence-corrected chi connectivity index (χ3v) is 9.75. The van der Waals surface area contributed by atoms with Gasteiger partial charge in [-0.25, -0.2) is 22.8 Å². The summed E-state index contributed by atoms with van der Waals surface area (Å²) in [6.45, 7) is 3.29. The van der Waals surface area contributed by atoms with E-state index < -0.39 is 36.1 Å². The minimum atomic E-state index is -5.08. The summed E-state index contributed by atoms with van der Waals surface area (Å²) in [6.07, 6.45) is -3.58. The largest absolute Gasteiger partial charge is 0.490 e. The monoisotopic (exact) mass is 683 g/mol. The molecule has 44 heavy (non-hydrogen) atoms. The molecule has 1 unspecified atom stereocenters. The molecule has 7 N–H and O–H groups in total. The Morgan fingerprint density at radius 2 is 1.73 bits per heavy atom. The first kappa shape index (κ1) is 36.7. The number of nitrogens with two attached hydrogens (primary N) is 2. The van der Waals surface area contributed by atoms with Crippen LogP contribution in [0.2, 0.25) is 0 Å². The molecule has 1 atom stereocenters. The topological polar surface area (TPSA) is 237 Å². The first-order valence-corrected chi connectivity index (χ1v) is 16.5. The lowest BCUT2D eigenvalue weighted by Gasteiger charge is -2.14. The summed E-state index contributed by atoms with van der Waals surface area (Å²) >= 11 is 0.996. The van der Waals surface area contributed by atoms with E-state index in [1.54, 1.807) is 19.1 Å². The number of aryl methyl sites for hydroxylation is 1. The molecule has 242 valence electrons. The Kier molecular flexibility index (Phi) is 13.3. The Morgan fingerprint density at radius 3 is 2.20 bits per heavy atom. The number of fused-ring (bicyclic) bond motifs is 1. The quantitative estimate of drug-likeness (QED) is 0.121. The van der Waals surface area contributed by atoms with Gasteiger partial charge in [-0.15, -0.1) is 11.3 Å². The van der Waals surface area contributed by atoms with Crippen molar-refractivity contribution in [1.29, 1.82) is 5.26 Å². The van der Waals surface area contributed by atoms with Gasteiger partial charge in [0.2, 0.25) is 0 Å². The second kappa shape index (κ2) is 16.0. The first-order valence-electron chi connectivity index (χ1n) is 12.4. The number of nitriles is 1. The number of rotatable bonds is 14. The van der Waals surface area contributed by atoms with Gasteiger partial charge in [0.05, 0.1) is 19.4 Å². The van der Waals surface area contributed by atoms with Crippen molar-refractivity contribution >= 4 is 45.0 Å². The van der Waals surface area contributed by atoms with Crippen LogP contribution in [0.3, 0.4) is 0 Å². The summed E-state index contributed by atoms with van der Waals surface area (Å²) in [5.41, 5.74) is 11.6. The second-order valence-corrected chi connectivity index (χ2v) is 13.4. The number of alkyl halides is 3. The molecule has 0 fully saturated rings. The highest BCUT2D eigenvalue weighted by Crippen LogP contribution is 2.43. The van der Waals surface area contributed by atoms with Gasteiger partial charge in [0.15, 0.2) is 11.5 Å². The van der Waals surface area contributed by atoms with Crippen LogP contribution >= 0.6 is 18.9 Å². The highest BCUT2D eigenvalue weighted by atomic mass is 32.2. The number of aliphatic carboxylic acids is 1. The van der Waals surface area contributed by atoms with Crippen LogP contribution in [-0.4, -0.2) is 68.1 Å². The Labute approximate surface area is 253 Å². The second-order valence-electron chi connectivity index (χ2n) is 8.62. The van der Waals surface area contributed by atoms with Crippen molar-refractivity contribution in [2.24, 2.45) is 11.5 Å². The molecule has 0 aliphatic heterocycles.